The number of rotatable bonds is 2. The van der Waals surface area contributed by atoms with Gasteiger partial charge in [-0.2, -0.15) is 0 Å². The largest absolute Gasteiger partial charge is 0.306 e. The minimum Gasteiger partial charge on any atom is -0.306 e. The predicted molar refractivity (Wildman–Crippen MR) is 82.4 cm³/mol. The number of nitrogens with one attached hydrogen (secondary N) is 1. The molecule has 3 rings (SSSR count). The molecule has 98 valence electrons. The SMILES string of the molecule is C/C(=C\c1ccccc1)c1nc2ccccc2c(=O)[nH]1. The Kier molecular flexibility index (Phi) is 3.17. The van der Waals surface area contributed by atoms with E-state index in [0.717, 1.165) is 11.1 Å². The van der Waals surface area contributed by atoms with Crippen molar-refractivity contribution in [2.45, 2.75) is 6.92 Å². The van der Waals surface area contributed by atoms with E-state index < -0.39 is 0 Å². The molecule has 0 saturated carbocycles. The fraction of sp³-hybridized carbons (Fsp3) is 0.0588. The third kappa shape index (κ3) is 2.38. The molecule has 3 nitrogen and oxygen atoms in total. The smallest absolute Gasteiger partial charge is 0.259 e. The number of fused-ring (bicyclic) bond motifs is 1. The molecular weight excluding hydrogens is 248 g/mol. The number of hydrogen-bond acceptors (Lipinski definition) is 2. The van der Waals surface area contributed by atoms with Crippen LogP contribution in [0.4, 0.5) is 0 Å². The van der Waals surface area contributed by atoms with Gasteiger partial charge in [-0.3, -0.25) is 4.79 Å². The molecule has 0 bridgehead atoms. The van der Waals surface area contributed by atoms with Crippen LogP contribution in [0.3, 0.4) is 0 Å². The lowest BCUT2D eigenvalue weighted by molar-refractivity contribution is 1.12. The molecule has 0 saturated heterocycles. The van der Waals surface area contributed by atoms with Crippen LogP contribution in [0.25, 0.3) is 22.6 Å². The molecule has 1 N–H and O–H groups in total. The summed E-state index contributed by atoms with van der Waals surface area (Å²) in [5, 5.41) is 0.615. The predicted octanol–water partition coefficient (Wildman–Crippen LogP) is 3.48. The minimum atomic E-state index is -0.105. The lowest BCUT2D eigenvalue weighted by atomic mass is 10.1. The number of aromatic amines is 1. The van der Waals surface area contributed by atoms with E-state index in [0.29, 0.717) is 16.7 Å². The summed E-state index contributed by atoms with van der Waals surface area (Å²) >= 11 is 0. The summed E-state index contributed by atoms with van der Waals surface area (Å²) in [7, 11) is 0. The van der Waals surface area contributed by atoms with Gasteiger partial charge in [-0.05, 0) is 36.3 Å². The van der Waals surface area contributed by atoms with E-state index in [4.69, 9.17) is 0 Å². The molecule has 0 atom stereocenters. The van der Waals surface area contributed by atoms with Gasteiger partial charge in [-0.25, -0.2) is 4.98 Å². The molecule has 0 spiro atoms. The minimum absolute atomic E-state index is 0.105. The van der Waals surface area contributed by atoms with Gasteiger partial charge in [0.25, 0.3) is 5.56 Å². The van der Waals surface area contributed by atoms with Gasteiger partial charge in [0, 0.05) is 0 Å². The van der Waals surface area contributed by atoms with Crippen LogP contribution in [0.1, 0.15) is 18.3 Å². The number of H-pyrrole nitrogens is 1. The topological polar surface area (TPSA) is 45.8 Å². The quantitative estimate of drug-likeness (QED) is 0.768. The average molecular weight is 262 g/mol. The van der Waals surface area contributed by atoms with Gasteiger partial charge in [-0.1, -0.05) is 42.5 Å². The van der Waals surface area contributed by atoms with Crippen LogP contribution < -0.4 is 5.56 Å². The van der Waals surface area contributed by atoms with Crippen LogP contribution in [-0.4, -0.2) is 9.97 Å². The number of benzene rings is 2. The molecule has 2 aromatic carbocycles. The van der Waals surface area contributed by atoms with Crippen LogP contribution in [-0.2, 0) is 0 Å². The summed E-state index contributed by atoms with van der Waals surface area (Å²) in [6.07, 6.45) is 2.01. The van der Waals surface area contributed by atoms with E-state index in [1.807, 2.05) is 61.5 Å². The Labute approximate surface area is 116 Å². The van der Waals surface area contributed by atoms with E-state index in [-0.39, 0.29) is 5.56 Å². The first-order valence-corrected chi connectivity index (χ1v) is 6.47. The Hall–Kier alpha value is -2.68. The van der Waals surface area contributed by atoms with Crippen molar-refractivity contribution >= 4 is 22.6 Å². The first kappa shape index (κ1) is 12.4. The van der Waals surface area contributed by atoms with Gasteiger partial charge in [0.2, 0.25) is 0 Å². The monoisotopic (exact) mass is 262 g/mol. The van der Waals surface area contributed by atoms with E-state index in [1.54, 1.807) is 6.07 Å². The standard InChI is InChI=1S/C17H14N2O/c1-12(11-13-7-3-2-4-8-13)16-18-15-10-6-5-9-14(15)17(20)19-16/h2-11H,1H3,(H,18,19,20)/b12-11+. The van der Waals surface area contributed by atoms with Gasteiger partial charge >= 0.3 is 0 Å². The van der Waals surface area contributed by atoms with Gasteiger partial charge < -0.3 is 4.98 Å². The van der Waals surface area contributed by atoms with Gasteiger partial charge in [0.1, 0.15) is 5.82 Å². The second-order valence-corrected chi connectivity index (χ2v) is 4.67. The normalized spacial score (nSPS) is 11.8. The van der Waals surface area contributed by atoms with Crippen molar-refractivity contribution in [3.8, 4) is 0 Å². The molecule has 0 fully saturated rings. The maximum absolute atomic E-state index is 12.0. The average Bonchev–Trinajstić information content (AvgIpc) is 2.48. The third-order valence-electron chi connectivity index (χ3n) is 3.17. The third-order valence-corrected chi connectivity index (χ3v) is 3.17. The van der Waals surface area contributed by atoms with E-state index >= 15 is 0 Å². The Bertz CT molecular complexity index is 832. The van der Waals surface area contributed by atoms with Crippen LogP contribution in [0.15, 0.2) is 59.4 Å². The number of nitrogens with zero attached hydrogens (tertiary/aromatic N) is 1. The highest BCUT2D eigenvalue weighted by Crippen LogP contribution is 2.15. The lowest BCUT2D eigenvalue weighted by Gasteiger charge is -2.03. The van der Waals surface area contributed by atoms with Crippen LogP contribution in [0, 0.1) is 0 Å². The number of hydrogen-bond donors (Lipinski definition) is 1. The fourth-order valence-corrected chi connectivity index (χ4v) is 2.14. The summed E-state index contributed by atoms with van der Waals surface area (Å²) < 4.78 is 0. The van der Waals surface area contributed by atoms with Crippen molar-refractivity contribution in [2.75, 3.05) is 0 Å². The molecule has 20 heavy (non-hydrogen) atoms. The maximum atomic E-state index is 12.0. The molecular formula is C17H14N2O. The molecule has 0 aliphatic carbocycles. The number of para-hydroxylation sites is 1. The Morgan fingerprint density at radius 1 is 1.05 bits per heavy atom. The second kappa shape index (κ2) is 5.13. The van der Waals surface area contributed by atoms with Crippen LogP contribution in [0.2, 0.25) is 0 Å². The van der Waals surface area contributed by atoms with Crippen molar-refractivity contribution in [3.63, 3.8) is 0 Å². The molecule has 0 aliphatic rings. The summed E-state index contributed by atoms with van der Waals surface area (Å²) in [5.74, 6) is 0.609. The van der Waals surface area contributed by atoms with Crippen molar-refractivity contribution in [1.82, 2.24) is 9.97 Å². The molecule has 1 heterocycles. The highest BCUT2D eigenvalue weighted by molar-refractivity contribution is 5.82. The summed E-state index contributed by atoms with van der Waals surface area (Å²) in [6, 6.07) is 17.3. The van der Waals surface area contributed by atoms with Gasteiger partial charge in [0.15, 0.2) is 0 Å². The molecule has 3 aromatic rings. The molecule has 3 heteroatoms. The lowest BCUT2D eigenvalue weighted by Crippen LogP contribution is -2.10. The Morgan fingerprint density at radius 3 is 2.55 bits per heavy atom. The highest BCUT2D eigenvalue weighted by Gasteiger charge is 2.04. The van der Waals surface area contributed by atoms with Crippen molar-refractivity contribution in [3.05, 3.63) is 76.3 Å². The molecule has 0 amide bonds. The second-order valence-electron chi connectivity index (χ2n) is 4.67. The zero-order chi connectivity index (χ0) is 13.9. The van der Waals surface area contributed by atoms with E-state index in [2.05, 4.69) is 9.97 Å². The number of allylic oxidation sites excluding steroid dienone is 1. The molecule has 1 aromatic heterocycles. The zero-order valence-corrected chi connectivity index (χ0v) is 11.1. The fourth-order valence-electron chi connectivity index (χ4n) is 2.14. The van der Waals surface area contributed by atoms with Crippen molar-refractivity contribution in [2.24, 2.45) is 0 Å². The zero-order valence-electron chi connectivity index (χ0n) is 11.1. The van der Waals surface area contributed by atoms with Crippen molar-refractivity contribution in [1.29, 1.82) is 0 Å². The Balaban J connectivity index is 2.11. The highest BCUT2D eigenvalue weighted by atomic mass is 16.1. The Morgan fingerprint density at radius 2 is 1.75 bits per heavy atom. The summed E-state index contributed by atoms with van der Waals surface area (Å²) in [5.41, 5.74) is 2.62. The first-order chi connectivity index (χ1) is 9.74. The van der Waals surface area contributed by atoms with E-state index in [9.17, 15) is 4.79 Å². The maximum Gasteiger partial charge on any atom is 0.259 e. The summed E-state index contributed by atoms with van der Waals surface area (Å²) in [6.45, 7) is 1.94. The van der Waals surface area contributed by atoms with Gasteiger partial charge in [0.05, 0.1) is 10.9 Å². The van der Waals surface area contributed by atoms with Crippen LogP contribution >= 0.6 is 0 Å². The molecule has 0 radical (unpaired) electrons. The van der Waals surface area contributed by atoms with E-state index in [1.165, 1.54) is 0 Å². The van der Waals surface area contributed by atoms with Gasteiger partial charge in [-0.15, -0.1) is 0 Å². The number of aromatic nitrogens is 2. The van der Waals surface area contributed by atoms with Crippen LogP contribution in [0.5, 0.6) is 0 Å². The molecule has 0 aliphatic heterocycles. The first-order valence-electron chi connectivity index (χ1n) is 6.47. The summed E-state index contributed by atoms with van der Waals surface area (Å²) in [4.78, 5) is 19.4. The van der Waals surface area contributed by atoms with Crippen molar-refractivity contribution < 1.29 is 0 Å². The molecule has 0 unspecified atom stereocenters.